The van der Waals surface area contributed by atoms with Crippen LogP contribution >= 0.6 is 46.7 Å². The molecule has 2 heterocycles. The van der Waals surface area contributed by atoms with Gasteiger partial charge in [-0.3, -0.25) is 4.99 Å². The number of nitrogens with zero attached hydrogens (tertiary/aromatic N) is 3. The molecule has 22 heavy (non-hydrogen) atoms. The van der Waals surface area contributed by atoms with E-state index < -0.39 is 0 Å². The molecule has 8 heteroatoms. The van der Waals surface area contributed by atoms with E-state index in [1.54, 1.807) is 29.7 Å². The summed E-state index contributed by atoms with van der Waals surface area (Å²) in [7, 11) is 1.79. The highest BCUT2D eigenvalue weighted by atomic mass is 127. The molecule has 0 saturated carbocycles. The van der Waals surface area contributed by atoms with Crippen molar-refractivity contribution in [3.63, 3.8) is 0 Å². The van der Waals surface area contributed by atoms with Crippen LogP contribution in [0.25, 0.3) is 0 Å². The van der Waals surface area contributed by atoms with Crippen molar-refractivity contribution in [2.45, 2.75) is 26.7 Å². The van der Waals surface area contributed by atoms with E-state index >= 15 is 0 Å². The standard InChI is InChI=1S/C14H21N5S2.HI/c1-10-8-18-12(20-10)4-6-16-14(15-3)17-7-5-13-19-9-11(2)21-13;/h8-9H,4-7H2,1-3H3,(H2,15,16,17);1H. The lowest BCUT2D eigenvalue weighted by Crippen LogP contribution is -2.39. The summed E-state index contributed by atoms with van der Waals surface area (Å²) in [5.41, 5.74) is 0. The Bertz CT molecular complexity index is 545. The van der Waals surface area contributed by atoms with Crippen molar-refractivity contribution in [1.29, 1.82) is 0 Å². The number of hydrogen-bond acceptors (Lipinski definition) is 5. The van der Waals surface area contributed by atoms with Crippen LogP contribution in [-0.4, -0.2) is 36.1 Å². The van der Waals surface area contributed by atoms with Gasteiger partial charge in [0.2, 0.25) is 0 Å². The third-order valence-electron chi connectivity index (χ3n) is 2.82. The lowest BCUT2D eigenvalue weighted by molar-refractivity contribution is 0.780. The van der Waals surface area contributed by atoms with Crippen LogP contribution in [0.4, 0.5) is 0 Å². The Labute approximate surface area is 156 Å². The van der Waals surface area contributed by atoms with Crippen molar-refractivity contribution in [2.24, 2.45) is 4.99 Å². The van der Waals surface area contributed by atoms with Gasteiger partial charge in [0, 0.05) is 55.1 Å². The summed E-state index contributed by atoms with van der Waals surface area (Å²) in [5, 5.41) is 8.94. The first-order valence-corrected chi connectivity index (χ1v) is 8.58. The van der Waals surface area contributed by atoms with Crippen LogP contribution in [0.15, 0.2) is 17.4 Å². The molecular formula is C14H22IN5S2. The van der Waals surface area contributed by atoms with Gasteiger partial charge >= 0.3 is 0 Å². The van der Waals surface area contributed by atoms with Gasteiger partial charge in [0.1, 0.15) is 0 Å². The molecule has 2 rings (SSSR count). The van der Waals surface area contributed by atoms with Gasteiger partial charge in [-0.15, -0.1) is 46.7 Å². The minimum atomic E-state index is 0. The van der Waals surface area contributed by atoms with Gasteiger partial charge in [0.25, 0.3) is 0 Å². The van der Waals surface area contributed by atoms with Crippen molar-refractivity contribution in [2.75, 3.05) is 20.1 Å². The minimum Gasteiger partial charge on any atom is -0.356 e. The number of thiazole rings is 2. The maximum Gasteiger partial charge on any atom is 0.191 e. The molecule has 0 aliphatic rings. The Morgan fingerprint density at radius 2 is 1.45 bits per heavy atom. The third-order valence-corrected chi connectivity index (χ3v) is 4.77. The monoisotopic (exact) mass is 451 g/mol. The van der Waals surface area contributed by atoms with Crippen LogP contribution in [-0.2, 0) is 12.8 Å². The second-order valence-corrected chi connectivity index (χ2v) is 7.29. The number of aryl methyl sites for hydroxylation is 2. The molecule has 0 aromatic carbocycles. The first-order chi connectivity index (χ1) is 10.2. The summed E-state index contributed by atoms with van der Waals surface area (Å²) in [6.07, 6.45) is 5.68. The fraction of sp³-hybridized carbons (Fsp3) is 0.500. The number of aliphatic imine (C=N–C) groups is 1. The average Bonchev–Trinajstić information content (AvgIpc) is 3.06. The van der Waals surface area contributed by atoms with Crippen molar-refractivity contribution >= 4 is 52.6 Å². The summed E-state index contributed by atoms with van der Waals surface area (Å²) in [6.45, 7) is 5.83. The molecule has 0 amide bonds. The number of hydrogen-bond donors (Lipinski definition) is 2. The van der Waals surface area contributed by atoms with E-state index in [4.69, 9.17) is 0 Å². The zero-order chi connectivity index (χ0) is 15.1. The highest BCUT2D eigenvalue weighted by Gasteiger charge is 2.02. The van der Waals surface area contributed by atoms with Crippen LogP contribution < -0.4 is 10.6 Å². The van der Waals surface area contributed by atoms with Crippen molar-refractivity contribution in [3.8, 4) is 0 Å². The zero-order valence-corrected chi connectivity index (χ0v) is 17.0. The van der Waals surface area contributed by atoms with Crippen molar-refractivity contribution < 1.29 is 0 Å². The summed E-state index contributed by atoms with van der Waals surface area (Å²) >= 11 is 3.49. The highest BCUT2D eigenvalue weighted by molar-refractivity contribution is 14.0. The Hall–Kier alpha value is -0.740. The number of aromatic nitrogens is 2. The Kier molecular flexibility index (Phi) is 8.88. The van der Waals surface area contributed by atoms with E-state index in [0.717, 1.165) is 41.9 Å². The summed E-state index contributed by atoms with van der Waals surface area (Å²) < 4.78 is 0. The lowest BCUT2D eigenvalue weighted by atomic mass is 10.4. The van der Waals surface area contributed by atoms with Gasteiger partial charge in [-0.25, -0.2) is 9.97 Å². The first-order valence-electron chi connectivity index (χ1n) is 6.94. The van der Waals surface area contributed by atoms with Crippen molar-refractivity contribution in [1.82, 2.24) is 20.6 Å². The molecule has 0 saturated heterocycles. The minimum absolute atomic E-state index is 0. The SMILES string of the molecule is CN=C(NCCc1ncc(C)s1)NCCc1ncc(C)s1.I. The Morgan fingerprint density at radius 1 is 1.00 bits per heavy atom. The van der Waals surface area contributed by atoms with E-state index in [1.807, 2.05) is 12.4 Å². The molecule has 0 bridgehead atoms. The quantitative estimate of drug-likeness (QED) is 0.403. The predicted molar refractivity (Wildman–Crippen MR) is 106 cm³/mol. The number of nitrogens with one attached hydrogen (secondary N) is 2. The number of guanidine groups is 1. The fourth-order valence-corrected chi connectivity index (χ4v) is 3.40. The predicted octanol–water partition coefficient (Wildman–Crippen LogP) is 2.78. The average molecular weight is 451 g/mol. The molecule has 2 aromatic rings. The molecule has 2 aromatic heterocycles. The topological polar surface area (TPSA) is 62.2 Å². The van der Waals surface area contributed by atoms with E-state index in [-0.39, 0.29) is 24.0 Å². The van der Waals surface area contributed by atoms with Gasteiger partial charge in [0.15, 0.2) is 5.96 Å². The number of rotatable bonds is 6. The molecule has 0 spiro atoms. The fourth-order valence-electron chi connectivity index (χ4n) is 1.83. The second kappa shape index (κ2) is 10.1. The number of halogens is 1. The van der Waals surface area contributed by atoms with Crippen LogP contribution in [0.1, 0.15) is 19.8 Å². The molecule has 0 aliphatic heterocycles. The molecule has 0 radical (unpaired) electrons. The molecule has 122 valence electrons. The molecule has 0 fully saturated rings. The zero-order valence-electron chi connectivity index (χ0n) is 13.0. The van der Waals surface area contributed by atoms with Gasteiger partial charge in [-0.2, -0.15) is 0 Å². The second-order valence-electron chi connectivity index (χ2n) is 4.66. The molecule has 2 N–H and O–H groups in total. The van der Waals surface area contributed by atoms with Crippen LogP contribution in [0.5, 0.6) is 0 Å². The van der Waals surface area contributed by atoms with Crippen molar-refractivity contribution in [3.05, 3.63) is 32.2 Å². The maximum absolute atomic E-state index is 4.35. The lowest BCUT2D eigenvalue weighted by Gasteiger charge is -2.10. The summed E-state index contributed by atoms with van der Waals surface area (Å²) in [6, 6.07) is 0. The Balaban J connectivity index is 0.00000242. The van der Waals surface area contributed by atoms with Crippen LogP contribution in [0, 0.1) is 13.8 Å². The first kappa shape index (κ1) is 19.3. The van der Waals surface area contributed by atoms with Gasteiger partial charge < -0.3 is 10.6 Å². The molecule has 0 aliphatic carbocycles. The molecule has 0 unspecified atom stereocenters. The van der Waals surface area contributed by atoms with E-state index in [0.29, 0.717) is 0 Å². The van der Waals surface area contributed by atoms with Crippen LogP contribution in [0.2, 0.25) is 0 Å². The molecular weight excluding hydrogens is 429 g/mol. The maximum atomic E-state index is 4.35. The third kappa shape index (κ3) is 6.57. The molecule has 0 atom stereocenters. The smallest absolute Gasteiger partial charge is 0.191 e. The van der Waals surface area contributed by atoms with E-state index in [9.17, 15) is 0 Å². The normalized spacial score (nSPS) is 9.95. The summed E-state index contributed by atoms with van der Waals surface area (Å²) in [4.78, 5) is 15.4. The van der Waals surface area contributed by atoms with E-state index in [1.165, 1.54) is 9.75 Å². The molecule has 5 nitrogen and oxygen atoms in total. The van der Waals surface area contributed by atoms with Gasteiger partial charge in [0.05, 0.1) is 10.0 Å². The van der Waals surface area contributed by atoms with Crippen LogP contribution in [0.3, 0.4) is 0 Å². The Morgan fingerprint density at radius 3 is 1.77 bits per heavy atom. The summed E-state index contributed by atoms with van der Waals surface area (Å²) in [5.74, 6) is 0.830. The highest BCUT2D eigenvalue weighted by Crippen LogP contribution is 2.11. The van der Waals surface area contributed by atoms with Gasteiger partial charge in [-0.1, -0.05) is 0 Å². The largest absolute Gasteiger partial charge is 0.356 e. The van der Waals surface area contributed by atoms with E-state index in [2.05, 4.69) is 39.4 Å². The van der Waals surface area contributed by atoms with Gasteiger partial charge in [-0.05, 0) is 13.8 Å².